The molecule has 0 aliphatic heterocycles. The van der Waals surface area contributed by atoms with Crippen molar-refractivity contribution in [1.29, 1.82) is 0 Å². The Hall–Kier alpha value is -2.41. The maximum absolute atomic E-state index is 12.8. The molecule has 0 aromatic heterocycles. The Morgan fingerprint density at radius 1 is 0.509 bits per heavy atom. The van der Waals surface area contributed by atoms with Gasteiger partial charge in [0, 0.05) is 12.8 Å². The van der Waals surface area contributed by atoms with E-state index in [0.29, 0.717) is 32.2 Å². The van der Waals surface area contributed by atoms with Crippen molar-refractivity contribution in [2.45, 2.75) is 257 Å². The molecule has 0 aliphatic rings. The van der Waals surface area contributed by atoms with E-state index < -0.39 is 12.0 Å². The number of carboxylic acids is 1. The van der Waals surface area contributed by atoms with Gasteiger partial charge in [0.1, 0.15) is 12.1 Å². The second-order valence-electron chi connectivity index (χ2n) is 16.5. The third kappa shape index (κ3) is 41.5. The normalized spacial score (nSPS) is 12.9. The van der Waals surface area contributed by atoms with Gasteiger partial charge in [0.25, 0.3) is 0 Å². The number of hydrogen-bond acceptors (Lipinski definition) is 5. The number of nitrogens with two attached hydrogens (primary N) is 1. The average molecular weight is 801 g/mol. The predicted molar refractivity (Wildman–Crippen MR) is 243 cm³/mol. The summed E-state index contributed by atoms with van der Waals surface area (Å²) in [5, 5.41) is 12.0. The smallest absolute Gasteiger partial charge is 0.326 e. The molecule has 7 nitrogen and oxygen atoms in total. The summed E-state index contributed by atoms with van der Waals surface area (Å²) >= 11 is 0. The van der Waals surface area contributed by atoms with Gasteiger partial charge in [0.05, 0.1) is 0 Å². The first-order valence-corrected chi connectivity index (χ1v) is 24.3. The van der Waals surface area contributed by atoms with Crippen LogP contribution >= 0.6 is 0 Å². The standard InChI is InChI=1S/C50H92N2O5/c1-3-5-7-9-11-13-15-16-17-18-19-20-21-22-23-24-25-27-29-34-38-44-49(54)57-46(40-35-31-28-26-14-12-10-8-6-4-2)41-36-32-30-33-37-43-48(53)52-47(50(55)56)42-39-45-51/h15-16,18-19,21-22,46-47H,3-14,17,20,23-45,51H2,1-2H3,(H,52,53)(H,55,56)/b16-15-,19-18-,22-21-. The Kier molecular flexibility index (Phi) is 42.8. The minimum atomic E-state index is -1.00. The van der Waals surface area contributed by atoms with Gasteiger partial charge >= 0.3 is 11.9 Å². The van der Waals surface area contributed by atoms with Crippen LogP contribution in [0.5, 0.6) is 0 Å². The molecule has 7 heteroatoms. The van der Waals surface area contributed by atoms with Gasteiger partial charge < -0.3 is 20.9 Å². The average Bonchev–Trinajstić information content (AvgIpc) is 3.20. The van der Waals surface area contributed by atoms with Crippen molar-refractivity contribution >= 4 is 17.8 Å². The van der Waals surface area contributed by atoms with Crippen LogP contribution in [0.4, 0.5) is 0 Å². The topological polar surface area (TPSA) is 119 Å². The highest BCUT2D eigenvalue weighted by atomic mass is 16.5. The summed E-state index contributed by atoms with van der Waals surface area (Å²) < 4.78 is 6.06. The molecule has 0 fully saturated rings. The number of aliphatic carboxylic acids is 1. The van der Waals surface area contributed by atoms with Gasteiger partial charge in [-0.3, -0.25) is 9.59 Å². The molecule has 0 bridgehead atoms. The highest BCUT2D eigenvalue weighted by Gasteiger charge is 2.19. The lowest BCUT2D eigenvalue weighted by atomic mass is 10.0. The van der Waals surface area contributed by atoms with Crippen molar-refractivity contribution in [2.75, 3.05) is 6.54 Å². The maximum atomic E-state index is 12.8. The van der Waals surface area contributed by atoms with Crippen LogP contribution in [0, 0.1) is 0 Å². The second kappa shape index (κ2) is 44.7. The number of amides is 1. The molecule has 2 unspecified atom stereocenters. The van der Waals surface area contributed by atoms with Crippen molar-refractivity contribution < 1.29 is 24.2 Å². The van der Waals surface area contributed by atoms with Crippen molar-refractivity contribution in [2.24, 2.45) is 5.73 Å². The molecule has 0 rings (SSSR count). The first-order chi connectivity index (χ1) is 27.9. The van der Waals surface area contributed by atoms with Crippen LogP contribution in [0.2, 0.25) is 0 Å². The van der Waals surface area contributed by atoms with Gasteiger partial charge in [-0.2, -0.15) is 0 Å². The predicted octanol–water partition coefficient (Wildman–Crippen LogP) is 14.2. The van der Waals surface area contributed by atoms with Crippen LogP contribution in [0.25, 0.3) is 0 Å². The summed E-state index contributed by atoms with van der Waals surface area (Å²) in [6, 6.07) is -0.857. The molecule has 0 saturated heterocycles. The molecule has 1 amide bonds. The Morgan fingerprint density at radius 2 is 0.912 bits per heavy atom. The maximum Gasteiger partial charge on any atom is 0.326 e. The van der Waals surface area contributed by atoms with Gasteiger partial charge in [-0.1, -0.05) is 179 Å². The minimum absolute atomic E-state index is 0.00841. The summed E-state index contributed by atoms with van der Waals surface area (Å²) in [5.74, 6) is -1.24. The summed E-state index contributed by atoms with van der Waals surface area (Å²) in [7, 11) is 0. The molecule has 0 aliphatic carbocycles. The van der Waals surface area contributed by atoms with E-state index in [1.165, 1.54) is 122 Å². The molecule has 0 aromatic carbocycles. The number of rotatable bonds is 44. The van der Waals surface area contributed by atoms with Crippen LogP contribution in [0.3, 0.4) is 0 Å². The number of hydrogen-bond donors (Lipinski definition) is 3. The molecular formula is C50H92N2O5. The quantitative estimate of drug-likeness (QED) is 0.0321. The molecule has 0 aromatic rings. The van der Waals surface area contributed by atoms with Crippen LogP contribution in [-0.2, 0) is 19.1 Å². The fourth-order valence-electron chi connectivity index (χ4n) is 7.28. The van der Waals surface area contributed by atoms with Gasteiger partial charge in [-0.05, 0) is 96.4 Å². The molecule has 57 heavy (non-hydrogen) atoms. The molecule has 0 saturated carbocycles. The number of esters is 1. The zero-order chi connectivity index (χ0) is 41.7. The molecule has 2 atom stereocenters. The zero-order valence-corrected chi connectivity index (χ0v) is 37.4. The Morgan fingerprint density at radius 3 is 1.37 bits per heavy atom. The van der Waals surface area contributed by atoms with Crippen LogP contribution in [0.1, 0.15) is 245 Å². The monoisotopic (exact) mass is 801 g/mol. The fraction of sp³-hybridized carbons (Fsp3) is 0.820. The summed E-state index contributed by atoms with van der Waals surface area (Å²) in [5.41, 5.74) is 5.49. The second-order valence-corrected chi connectivity index (χ2v) is 16.5. The number of ether oxygens (including phenoxy) is 1. The van der Waals surface area contributed by atoms with Crippen LogP contribution in [-0.4, -0.2) is 41.6 Å². The van der Waals surface area contributed by atoms with Crippen molar-refractivity contribution in [3.05, 3.63) is 36.5 Å². The highest BCUT2D eigenvalue weighted by Crippen LogP contribution is 2.19. The van der Waals surface area contributed by atoms with E-state index in [1.807, 2.05) is 0 Å². The third-order valence-electron chi connectivity index (χ3n) is 11.0. The number of nitrogens with one attached hydrogen (secondary N) is 1. The van der Waals surface area contributed by atoms with Crippen molar-refractivity contribution in [3.8, 4) is 0 Å². The molecule has 4 N–H and O–H groups in total. The van der Waals surface area contributed by atoms with Gasteiger partial charge in [0.2, 0.25) is 5.91 Å². The highest BCUT2D eigenvalue weighted by molar-refractivity contribution is 5.83. The summed E-state index contributed by atoms with van der Waals surface area (Å²) in [6.45, 7) is 4.94. The van der Waals surface area contributed by atoms with E-state index in [4.69, 9.17) is 10.5 Å². The van der Waals surface area contributed by atoms with Crippen LogP contribution in [0.15, 0.2) is 36.5 Å². The van der Waals surface area contributed by atoms with Crippen molar-refractivity contribution in [3.63, 3.8) is 0 Å². The molecule has 0 heterocycles. The number of allylic oxidation sites excluding steroid dienone is 6. The lowest BCUT2D eigenvalue weighted by molar-refractivity contribution is -0.150. The summed E-state index contributed by atoms with van der Waals surface area (Å²) in [4.78, 5) is 36.4. The first-order valence-electron chi connectivity index (χ1n) is 24.3. The van der Waals surface area contributed by atoms with E-state index in [-0.39, 0.29) is 18.0 Å². The van der Waals surface area contributed by atoms with E-state index in [2.05, 4.69) is 55.6 Å². The molecule has 332 valence electrons. The number of carbonyl (C=O) groups excluding carboxylic acids is 2. The van der Waals surface area contributed by atoms with Crippen molar-refractivity contribution in [1.82, 2.24) is 5.32 Å². The lowest BCUT2D eigenvalue weighted by Crippen LogP contribution is -2.40. The fourth-order valence-corrected chi connectivity index (χ4v) is 7.28. The number of carbonyl (C=O) groups is 3. The van der Waals surface area contributed by atoms with Gasteiger partial charge in [-0.15, -0.1) is 0 Å². The number of carboxylic acid groups (broad SMARTS) is 1. The van der Waals surface area contributed by atoms with Gasteiger partial charge in [0.15, 0.2) is 0 Å². The third-order valence-corrected chi connectivity index (χ3v) is 11.0. The van der Waals surface area contributed by atoms with E-state index in [9.17, 15) is 19.5 Å². The van der Waals surface area contributed by atoms with E-state index >= 15 is 0 Å². The zero-order valence-electron chi connectivity index (χ0n) is 37.4. The Balaban J connectivity index is 4.22. The van der Waals surface area contributed by atoms with Crippen LogP contribution < -0.4 is 11.1 Å². The molecule has 0 spiro atoms. The largest absolute Gasteiger partial charge is 0.480 e. The first kappa shape index (κ1) is 54.6. The summed E-state index contributed by atoms with van der Waals surface area (Å²) in [6.07, 6.45) is 53.4. The van der Waals surface area contributed by atoms with E-state index in [1.54, 1.807) is 0 Å². The minimum Gasteiger partial charge on any atom is -0.480 e. The molecule has 0 radical (unpaired) electrons. The Bertz CT molecular complexity index is 993. The van der Waals surface area contributed by atoms with E-state index in [0.717, 1.165) is 83.5 Å². The lowest BCUT2D eigenvalue weighted by Gasteiger charge is -2.18. The van der Waals surface area contributed by atoms with Gasteiger partial charge in [-0.25, -0.2) is 4.79 Å². The Labute approximate surface area is 352 Å². The number of unbranched alkanes of at least 4 members (excludes halogenated alkanes) is 24. The molecular weight excluding hydrogens is 709 g/mol. The SMILES string of the molecule is CCCCCCC/C=C\C/C=C\C/C=C\CCCCCCCCC(=O)OC(CCCCCCCCCCCC)CCCCCCCC(=O)NC(CCCN)C(=O)O.